The van der Waals surface area contributed by atoms with E-state index < -0.39 is 0 Å². The number of aliphatic hydroxyl groups is 1. The van der Waals surface area contributed by atoms with Gasteiger partial charge in [-0.05, 0) is 31.7 Å². The Morgan fingerprint density at radius 3 is 2.58 bits per heavy atom. The Kier molecular flexibility index (Phi) is 4.43. The molecule has 0 radical (unpaired) electrons. The number of hydrogen-bond donors (Lipinski definition) is 2. The molecule has 1 aliphatic rings. The van der Waals surface area contributed by atoms with Crippen LogP contribution in [0.3, 0.4) is 0 Å². The zero-order valence-corrected chi connectivity index (χ0v) is 11.2. The maximum atomic E-state index is 12.1. The van der Waals surface area contributed by atoms with Crippen LogP contribution in [-0.4, -0.2) is 40.2 Å². The first-order chi connectivity index (χ1) is 9.08. The first-order valence-corrected chi connectivity index (χ1v) is 6.80. The van der Waals surface area contributed by atoms with Gasteiger partial charge in [-0.2, -0.15) is 0 Å². The first-order valence-electron chi connectivity index (χ1n) is 6.80. The molecule has 4 nitrogen and oxygen atoms in total. The van der Waals surface area contributed by atoms with Crippen molar-refractivity contribution >= 4 is 5.91 Å². The number of likely N-dealkylation sites (tertiary alicyclic amines) is 1. The summed E-state index contributed by atoms with van der Waals surface area (Å²) in [4.78, 5) is 14.0. The Bertz CT molecular complexity index is 437. The molecule has 19 heavy (non-hydrogen) atoms. The minimum Gasteiger partial charge on any atom is -0.508 e. The first kappa shape index (κ1) is 13.9. The molecule has 1 amide bonds. The summed E-state index contributed by atoms with van der Waals surface area (Å²) >= 11 is 0. The van der Waals surface area contributed by atoms with Crippen molar-refractivity contribution in [2.75, 3.05) is 13.1 Å². The smallest absolute Gasteiger partial charge is 0.227 e. The van der Waals surface area contributed by atoms with E-state index in [1.165, 1.54) is 0 Å². The molecule has 2 N–H and O–H groups in total. The Morgan fingerprint density at radius 1 is 1.37 bits per heavy atom. The number of phenolic OH excluding ortho intramolecular Hbond substituents is 1. The standard InChI is InChI=1S/C15H21NO3/c1-11(17)12-6-8-16(9-7-12)15(19)10-13-4-2-3-5-14(13)18/h2-5,11-12,17-18H,6-10H2,1H3. The molecule has 1 saturated heterocycles. The van der Waals surface area contributed by atoms with Gasteiger partial charge < -0.3 is 15.1 Å². The van der Waals surface area contributed by atoms with Crippen LogP contribution in [0.5, 0.6) is 5.75 Å². The molecule has 4 heteroatoms. The van der Waals surface area contributed by atoms with Gasteiger partial charge in [0.1, 0.15) is 5.75 Å². The number of nitrogens with zero attached hydrogens (tertiary/aromatic N) is 1. The van der Waals surface area contributed by atoms with Crippen LogP contribution in [-0.2, 0) is 11.2 Å². The molecule has 1 atom stereocenters. The lowest BCUT2D eigenvalue weighted by molar-refractivity contribution is -0.132. The van der Waals surface area contributed by atoms with Crippen molar-refractivity contribution < 1.29 is 15.0 Å². The number of aromatic hydroxyl groups is 1. The lowest BCUT2D eigenvalue weighted by Crippen LogP contribution is -2.41. The van der Waals surface area contributed by atoms with Crippen molar-refractivity contribution in [3.05, 3.63) is 29.8 Å². The lowest BCUT2D eigenvalue weighted by atomic mass is 9.92. The molecular weight excluding hydrogens is 242 g/mol. The van der Waals surface area contributed by atoms with Crippen LogP contribution < -0.4 is 0 Å². The van der Waals surface area contributed by atoms with Crippen LogP contribution >= 0.6 is 0 Å². The average molecular weight is 263 g/mol. The summed E-state index contributed by atoms with van der Waals surface area (Å²) in [5, 5.41) is 19.2. The van der Waals surface area contributed by atoms with Gasteiger partial charge in [0.2, 0.25) is 5.91 Å². The molecule has 0 bridgehead atoms. The van der Waals surface area contributed by atoms with Gasteiger partial charge >= 0.3 is 0 Å². The number of benzene rings is 1. The monoisotopic (exact) mass is 263 g/mol. The highest BCUT2D eigenvalue weighted by molar-refractivity contribution is 5.79. The van der Waals surface area contributed by atoms with Crippen molar-refractivity contribution in [1.29, 1.82) is 0 Å². The van der Waals surface area contributed by atoms with Crippen LogP contribution in [0.15, 0.2) is 24.3 Å². The topological polar surface area (TPSA) is 60.8 Å². The fourth-order valence-electron chi connectivity index (χ4n) is 2.57. The molecular formula is C15H21NO3. The zero-order chi connectivity index (χ0) is 13.8. The van der Waals surface area contributed by atoms with Crippen molar-refractivity contribution in [1.82, 2.24) is 4.90 Å². The molecule has 2 rings (SSSR count). The number of piperidine rings is 1. The Balaban J connectivity index is 1.90. The highest BCUT2D eigenvalue weighted by Crippen LogP contribution is 2.22. The van der Waals surface area contributed by atoms with E-state index in [0.29, 0.717) is 24.6 Å². The van der Waals surface area contributed by atoms with Crippen LogP contribution in [0.1, 0.15) is 25.3 Å². The maximum Gasteiger partial charge on any atom is 0.227 e. The van der Waals surface area contributed by atoms with Gasteiger partial charge in [-0.3, -0.25) is 4.79 Å². The summed E-state index contributed by atoms with van der Waals surface area (Å²) in [6.07, 6.45) is 1.65. The van der Waals surface area contributed by atoms with Crippen LogP contribution in [0.25, 0.3) is 0 Å². The van der Waals surface area contributed by atoms with E-state index in [1.54, 1.807) is 18.2 Å². The minimum atomic E-state index is -0.296. The SMILES string of the molecule is CC(O)C1CCN(C(=O)Cc2ccccc2O)CC1. The predicted molar refractivity (Wildman–Crippen MR) is 72.8 cm³/mol. The zero-order valence-electron chi connectivity index (χ0n) is 11.2. The van der Waals surface area contributed by atoms with Crippen LogP contribution in [0.4, 0.5) is 0 Å². The summed E-state index contributed by atoms with van der Waals surface area (Å²) in [7, 11) is 0. The van der Waals surface area contributed by atoms with Crippen LogP contribution in [0.2, 0.25) is 0 Å². The number of rotatable bonds is 3. The molecule has 1 aliphatic heterocycles. The van der Waals surface area contributed by atoms with Crippen molar-refractivity contribution in [3.8, 4) is 5.75 Å². The van der Waals surface area contributed by atoms with E-state index in [4.69, 9.17) is 0 Å². The van der Waals surface area contributed by atoms with E-state index in [2.05, 4.69) is 0 Å². The number of para-hydroxylation sites is 1. The third-order valence-corrected chi connectivity index (χ3v) is 3.91. The van der Waals surface area contributed by atoms with Gasteiger partial charge in [0.05, 0.1) is 12.5 Å². The largest absolute Gasteiger partial charge is 0.508 e. The van der Waals surface area contributed by atoms with Gasteiger partial charge in [0.15, 0.2) is 0 Å². The number of phenols is 1. The molecule has 0 spiro atoms. The number of carbonyl (C=O) groups is 1. The Labute approximate surface area is 113 Å². The Hall–Kier alpha value is -1.55. The number of amides is 1. The molecule has 0 saturated carbocycles. The molecule has 1 fully saturated rings. The number of aliphatic hydroxyl groups excluding tert-OH is 1. The summed E-state index contributed by atoms with van der Waals surface area (Å²) in [6, 6.07) is 6.94. The fraction of sp³-hybridized carbons (Fsp3) is 0.533. The van der Waals surface area contributed by atoms with Gasteiger partial charge in [-0.1, -0.05) is 18.2 Å². The summed E-state index contributed by atoms with van der Waals surface area (Å²) in [6.45, 7) is 3.20. The molecule has 1 aromatic rings. The summed E-state index contributed by atoms with van der Waals surface area (Å²) in [5.74, 6) is 0.523. The van der Waals surface area contributed by atoms with Crippen molar-refractivity contribution in [3.63, 3.8) is 0 Å². The average Bonchev–Trinajstić information content (AvgIpc) is 2.41. The second-order valence-corrected chi connectivity index (χ2v) is 5.26. The van der Waals surface area contributed by atoms with E-state index in [0.717, 1.165) is 12.8 Å². The van der Waals surface area contributed by atoms with Crippen LogP contribution in [0, 0.1) is 5.92 Å². The normalized spacial score (nSPS) is 18.3. The summed E-state index contributed by atoms with van der Waals surface area (Å²) < 4.78 is 0. The highest BCUT2D eigenvalue weighted by atomic mass is 16.3. The highest BCUT2D eigenvalue weighted by Gasteiger charge is 2.25. The van der Waals surface area contributed by atoms with Gasteiger partial charge in [-0.15, -0.1) is 0 Å². The predicted octanol–water partition coefficient (Wildman–Crippen LogP) is 1.55. The van der Waals surface area contributed by atoms with Crippen molar-refractivity contribution in [2.45, 2.75) is 32.3 Å². The molecule has 104 valence electrons. The maximum absolute atomic E-state index is 12.1. The van der Waals surface area contributed by atoms with Crippen molar-refractivity contribution in [2.24, 2.45) is 5.92 Å². The van der Waals surface area contributed by atoms with E-state index >= 15 is 0 Å². The number of carbonyl (C=O) groups excluding carboxylic acids is 1. The van der Waals surface area contributed by atoms with E-state index in [1.807, 2.05) is 17.9 Å². The second-order valence-electron chi connectivity index (χ2n) is 5.26. The number of hydrogen-bond acceptors (Lipinski definition) is 3. The fourth-order valence-corrected chi connectivity index (χ4v) is 2.57. The van der Waals surface area contributed by atoms with Gasteiger partial charge in [-0.25, -0.2) is 0 Å². The minimum absolute atomic E-state index is 0.0468. The third kappa shape index (κ3) is 3.47. The van der Waals surface area contributed by atoms with E-state index in [-0.39, 0.29) is 24.2 Å². The molecule has 0 aliphatic carbocycles. The third-order valence-electron chi connectivity index (χ3n) is 3.91. The van der Waals surface area contributed by atoms with Gasteiger partial charge in [0, 0.05) is 18.7 Å². The van der Waals surface area contributed by atoms with Gasteiger partial charge in [0.25, 0.3) is 0 Å². The lowest BCUT2D eigenvalue weighted by Gasteiger charge is -2.33. The molecule has 1 unspecified atom stereocenters. The molecule has 1 heterocycles. The van der Waals surface area contributed by atoms with E-state index in [9.17, 15) is 15.0 Å². The summed E-state index contributed by atoms with van der Waals surface area (Å²) in [5.41, 5.74) is 0.671. The quantitative estimate of drug-likeness (QED) is 0.870. The Morgan fingerprint density at radius 2 is 2.00 bits per heavy atom. The molecule has 0 aromatic heterocycles. The molecule has 1 aromatic carbocycles. The second kappa shape index (κ2) is 6.06.